The fourth-order valence-corrected chi connectivity index (χ4v) is 6.09. The highest BCUT2D eigenvalue weighted by atomic mass is 32.2. The minimum absolute atomic E-state index is 0.0357. The number of nitrogens with one attached hydrogen (secondary N) is 1. The second kappa shape index (κ2) is 8.47. The smallest absolute Gasteiger partial charge is 0.417 e. The van der Waals surface area contributed by atoms with Crippen LogP contribution in [0.1, 0.15) is 37.7 Å². The number of benzene rings is 1. The van der Waals surface area contributed by atoms with Crippen molar-refractivity contribution in [2.24, 2.45) is 5.41 Å². The Labute approximate surface area is 205 Å². The molecule has 0 spiro atoms. The number of alkyl carbamates (subject to hydrolysis) is 1. The molecule has 1 heterocycles. The highest BCUT2D eigenvalue weighted by Crippen LogP contribution is 2.59. The number of likely N-dealkylation sites (tertiary alicyclic amines) is 1. The van der Waals surface area contributed by atoms with Crippen molar-refractivity contribution in [2.75, 3.05) is 6.54 Å². The summed E-state index contributed by atoms with van der Waals surface area (Å²) in [6.07, 6.45) is -15.0. The highest BCUT2D eigenvalue weighted by molar-refractivity contribution is 7.92. The average Bonchev–Trinajstić information content (AvgIpc) is 3.69. The van der Waals surface area contributed by atoms with Gasteiger partial charge < -0.3 is 15.0 Å². The van der Waals surface area contributed by atoms with E-state index < -0.39 is 98.7 Å². The lowest BCUT2D eigenvalue weighted by molar-refractivity contribution is -0.201. The number of hydrogen-bond donors (Lipinski definition) is 1. The van der Waals surface area contributed by atoms with Gasteiger partial charge in [-0.15, -0.1) is 0 Å². The first-order valence-electron chi connectivity index (χ1n) is 10.8. The summed E-state index contributed by atoms with van der Waals surface area (Å²) in [5, 5.41) is 9.37. The number of halogens is 7. The molecule has 37 heavy (non-hydrogen) atoms. The van der Waals surface area contributed by atoms with E-state index in [1.54, 1.807) is 6.07 Å². The van der Waals surface area contributed by atoms with Crippen molar-refractivity contribution in [1.82, 2.24) is 10.2 Å². The van der Waals surface area contributed by atoms with E-state index in [4.69, 9.17) is 10.00 Å². The Balaban J connectivity index is 1.67. The number of hydrogen-bond acceptors (Lipinski definition) is 6. The number of carbonyl (C=O) groups is 2. The molecule has 4 rings (SSSR count). The van der Waals surface area contributed by atoms with E-state index in [1.165, 1.54) is 0 Å². The van der Waals surface area contributed by atoms with Crippen LogP contribution < -0.4 is 5.32 Å². The van der Waals surface area contributed by atoms with Crippen molar-refractivity contribution in [3.63, 3.8) is 0 Å². The Morgan fingerprint density at radius 1 is 1.11 bits per heavy atom. The van der Waals surface area contributed by atoms with Crippen LogP contribution in [0.5, 0.6) is 0 Å². The predicted molar refractivity (Wildman–Crippen MR) is 107 cm³/mol. The lowest BCUT2D eigenvalue weighted by Gasteiger charge is -2.29. The molecule has 1 saturated heterocycles. The Morgan fingerprint density at radius 2 is 1.73 bits per heavy atom. The van der Waals surface area contributed by atoms with Crippen LogP contribution in [0.15, 0.2) is 23.1 Å². The van der Waals surface area contributed by atoms with Crippen LogP contribution >= 0.6 is 0 Å². The number of nitrogens with zero attached hydrogens (tertiary/aromatic N) is 2. The van der Waals surface area contributed by atoms with Crippen LogP contribution in [0.4, 0.5) is 35.5 Å². The highest BCUT2D eigenvalue weighted by Gasteiger charge is 2.70. The minimum atomic E-state index is -5.29. The summed E-state index contributed by atoms with van der Waals surface area (Å²) in [7, 11) is -5.02. The van der Waals surface area contributed by atoms with E-state index in [9.17, 15) is 48.7 Å². The standard InChI is InChI=1S/C21H18F7N3O5S/c22-11-1-2-14(13(7-11)20(23,24)25)37(34,35)12-8-15(36-17(33)30-18(10-29)3-4-18)31(9-12)16(32)19(5-6-19)21(26,27)28/h1-2,7,12,15H,3-6,8-9H2,(H,30,33)/t12-,15+/m1/s1. The van der Waals surface area contributed by atoms with Crippen LogP contribution in [-0.4, -0.2) is 55.1 Å². The first-order valence-corrected chi connectivity index (χ1v) is 12.4. The molecule has 3 aliphatic rings. The zero-order valence-electron chi connectivity index (χ0n) is 18.6. The molecular formula is C21H18F7N3O5S. The van der Waals surface area contributed by atoms with Gasteiger partial charge in [-0.3, -0.25) is 4.79 Å². The van der Waals surface area contributed by atoms with E-state index in [0.29, 0.717) is 17.0 Å². The third-order valence-electron chi connectivity index (χ3n) is 6.72. The van der Waals surface area contributed by atoms with Crippen molar-refractivity contribution in [1.29, 1.82) is 5.26 Å². The molecule has 0 bridgehead atoms. The summed E-state index contributed by atoms with van der Waals surface area (Å²) in [5.41, 5.74) is -5.93. The van der Waals surface area contributed by atoms with Gasteiger partial charge >= 0.3 is 18.4 Å². The van der Waals surface area contributed by atoms with Crippen LogP contribution in [0.25, 0.3) is 0 Å². The van der Waals surface area contributed by atoms with Gasteiger partial charge in [0.25, 0.3) is 0 Å². The summed E-state index contributed by atoms with van der Waals surface area (Å²) in [6.45, 7) is -1.00. The number of carbonyl (C=O) groups excluding carboxylic acids is 2. The van der Waals surface area contributed by atoms with Crippen LogP contribution in [0, 0.1) is 22.6 Å². The van der Waals surface area contributed by atoms with Gasteiger partial charge in [0.05, 0.1) is 21.8 Å². The van der Waals surface area contributed by atoms with E-state index in [1.807, 2.05) is 0 Å². The monoisotopic (exact) mass is 557 g/mol. The van der Waals surface area contributed by atoms with Gasteiger partial charge in [0.1, 0.15) is 16.8 Å². The Hall–Kier alpha value is -3.09. The quantitative estimate of drug-likeness (QED) is 0.436. The largest absolute Gasteiger partial charge is 0.425 e. The molecule has 16 heteroatoms. The fraction of sp³-hybridized carbons (Fsp3) is 0.571. The SMILES string of the molecule is N#CC1(NC(=O)O[C@H]2C[C@@H](S(=O)(=O)c3ccc(F)cc3C(F)(F)F)CN2C(=O)C2(C(F)(F)F)CC2)CC1. The molecule has 0 unspecified atom stereocenters. The van der Waals surface area contributed by atoms with Gasteiger partial charge in [0, 0.05) is 13.0 Å². The van der Waals surface area contributed by atoms with E-state index in [0.717, 1.165) is 0 Å². The number of nitriles is 1. The zero-order chi connectivity index (χ0) is 27.6. The van der Waals surface area contributed by atoms with Gasteiger partial charge in [-0.1, -0.05) is 0 Å². The van der Waals surface area contributed by atoms with Crippen LogP contribution in [-0.2, 0) is 25.5 Å². The molecule has 0 aromatic heterocycles. The molecule has 202 valence electrons. The van der Waals surface area contributed by atoms with Crippen LogP contribution in [0.2, 0.25) is 0 Å². The van der Waals surface area contributed by atoms with E-state index in [2.05, 4.69) is 5.32 Å². The van der Waals surface area contributed by atoms with Gasteiger partial charge in [-0.25, -0.2) is 17.6 Å². The van der Waals surface area contributed by atoms with Crippen molar-refractivity contribution in [2.45, 2.75) is 66.4 Å². The maximum Gasteiger partial charge on any atom is 0.417 e. The van der Waals surface area contributed by atoms with Crippen molar-refractivity contribution in [3.05, 3.63) is 29.6 Å². The summed E-state index contributed by atoms with van der Waals surface area (Å²) >= 11 is 0. The number of ether oxygens (including phenoxy) is 1. The number of alkyl halides is 6. The fourth-order valence-electron chi connectivity index (χ4n) is 4.22. The maximum atomic E-state index is 13.6. The molecule has 8 nitrogen and oxygen atoms in total. The first-order chi connectivity index (χ1) is 17.0. The third kappa shape index (κ3) is 4.80. The molecule has 2 atom stereocenters. The maximum absolute atomic E-state index is 13.6. The Kier molecular flexibility index (Phi) is 6.17. The third-order valence-corrected chi connectivity index (χ3v) is 8.90. The molecule has 1 aliphatic heterocycles. The minimum Gasteiger partial charge on any atom is -0.425 e. The van der Waals surface area contributed by atoms with Crippen molar-refractivity contribution in [3.8, 4) is 6.07 Å². The molecule has 2 amide bonds. The topological polar surface area (TPSA) is 117 Å². The zero-order valence-corrected chi connectivity index (χ0v) is 19.4. The average molecular weight is 557 g/mol. The van der Waals surface area contributed by atoms with Gasteiger partial charge in [-0.2, -0.15) is 31.6 Å². The molecule has 0 radical (unpaired) electrons. The number of amides is 2. The van der Waals surface area contributed by atoms with E-state index in [-0.39, 0.29) is 18.9 Å². The predicted octanol–water partition coefficient (Wildman–Crippen LogP) is 3.67. The van der Waals surface area contributed by atoms with Gasteiger partial charge in [-0.05, 0) is 43.9 Å². The number of sulfone groups is 1. The molecular weight excluding hydrogens is 539 g/mol. The molecule has 1 aromatic carbocycles. The van der Waals surface area contributed by atoms with Gasteiger partial charge in [0.2, 0.25) is 5.91 Å². The molecule has 2 saturated carbocycles. The number of rotatable bonds is 5. The Bertz CT molecular complexity index is 1280. The lowest BCUT2D eigenvalue weighted by atomic mass is 10.1. The lowest BCUT2D eigenvalue weighted by Crippen LogP contribution is -2.49. The molecule has 2 aliphatic carbocycles. The summed E-state index contributed by atoms with van der Waals surface area (Å²) < 4.78 is 126. The second-order valence-corrected chi connectivity index (χ2v) is 11.5. The first kappa shape index (κ1) is 27.0. The summed E-state index contributed by atoms with van der Waals surface area (Å²) in [5.74, 6) is -2.95. The molecule has 1 N–H and O–H groups in total. The molecule has 1 aromatic rings. The summed E-state index contributed by atoms with van der Waals surface area (Å²) in [4.78, 5) is 24.3. The van der Waals surface area contributed by atoms with Crippen molar-refractivity contribution >= 4 is 21.8 Å². The normalized spacial score (nSPS) is 24.2. The van der Waals surface area contributed by atoms with Gasteiger partial charge in [0.15, 0.2) is 16.1 Å². The van der Waals surface area contributed by atoms with Crippen LogP contribution in [0.3, 0.4) is 0 Å². The van der Waals surface area contributed by atoms with E-state index >= 15 is 0 Å². The Morgan fingerprint density at radius 3 is 2.22 bits per heavy atom. The second-order valence-electron chi connectivity index (χ2n) is 9.26. The molecule has 3 fully saturated rings. The van der Waals surface area contributed by atoms with Crippen molar-refractivity contribution < 1.29 is 53.5 Å². The summed E-state index contributed by atoms with van der Waals surface area (Å²) in [6, 6.07) is 2.62.